The van der Waals surface area contributed by atoms with Crippen LogP contribution in [-0.2, 0) is 4.74 Å². The zero-order chi connectivity index (χ0) is 21.6. The van der Waals surface area contributed by atoms with Crippen molar-refractivity contribution in [3.8, 4) is 0 Å². The second-order valence-corrected chi connectivity index (χ2v) is 7.96. The molecule has 1 saturated heterocycles. The number of halogens is 1. The highest BCUT2D eigenvalue weighted by atomic mass is 19.1. The minimum Gasteiger partial charge on any atom is -0.462 e. The summed E-state index contributed by atoms with van der Waals surface area (Å²) < 4.78 is 22.2. The largest absolute Gasteiger partial charge is 0.462 e. The van der Waals surface area contributed by atoms with Gasteiger partial charge < -0.3 is 19.1 Å². The predicted octanol–water partition coefficient (Wildman–Crippen LogP) is 2.61. The Balaban J connectivity index is 2.02. The monoisotopic (exact) mass is 415 g/mol. The summed E-state index contributed by atoms with van der Waals surface area (Å²) in [5.74, 6) is -1.50. The zero-order valence-electron chi connectivity index (χ0n) is 17.5. The molecule has 0 radical (unpaired) electrons. The molecular formula is C22H26FN3O4. The molecule has 4 rings (SSSR count). The first-order valence-corrected chi connectivity index (χ1v) is 10.4. The highest BCUT2D eigenvalue weighted by Gasteiger charge is 2.34. The molecule has 0 spiro atoms. The second-order valence-electron chi connectivity index (χ2n) is 7.96. The topological polar surface area (TPSA) is 71.8 Å². The fourth-order valence-electron chi connectivity index (χ4n) is 4.48. The van der Waals surface area contributed by atoms with Crippen LogP contribution in [0.4, 0.5) is 10.1 Å². The number of pyridine rings is 1. The van der Waals surface area contributed by atoms with Gasteiger partial charge in [-0.05, 0) is 26.5 Å². The third-order valence-corrected chi connectivity index (χ3v) is 6.12. The van der Waals surface area contributed by atoms with Gasteiger partial charge in [-0.2, -0.15) is 0 Å². The molecule has 1 aromatic heterocycles. The lowest BCUT2D eigenvalue weighted by Crippen LogP contribution is -2.45. The highest BCUT2D eigenvalue weighted by Crippen LogP contribution is 2.39. The van der Waals surface area contributed by atoms with E-state index in [1.807, 2.05) is 18.9 Å². The summed E-state index contributed by atoms with van der Waals surface area (Å²) in [6.45, 7) is 6.46. The number of ketones is 1. The Labute approximate surface area is 174 Å². The van der Waals surface area contributed by atoms with Gasteiger partial charge in [0.25, 0.3) is 0 Å². The van der Waals surface area contributed by atoms with Gasteiger partial charge in [0.05, 0.1) is 28.8 Å². The van der Waals surface area contributed by atoms with Gasteiger partial charge in [0, 0.05) is 44.8 Å². The fourth-order valence-corrected chi connectivity index (χ4v) is 4.48. The van der Waals surface area contributed by atoms with Crippen molar-refractivity contribution in [2.75, 3.05) is 44.7 Å². The van der Waals surface area contributed by atoms with Crippen molar-refractivity contribution >= 4 is 28.3 Å². The van der Waals surface area contributed by atoms with E-state index in [4.69, 9.17) is 4.74 Å². The zero-order valence-corrected chi connectivity index (χ0v) is 17.5. The first-order chi connectivity index (χ1) is 14.4. The number of ether oxygens (including phenoxy) is 1. The number of esters is 1. The lowest BCUT2D eigenvalue weighted by Gasteiger charge is -2.37. The van der Waals surface area contributed by atoms with E-state index in [9.17, 15) is 14.4 Å². The van der Waals surface area contributed by atoms with E-state index in [0.717, 1.165) is 13.1 Å². The molecule has 0 amide bonds. The smallest absolute Gasteiger partial charge is 0.343 e. The Morgan fingerprint density at radius 1 is 1.20 bits per heavy atom. The van der Waals surface area contributed by atoms with E-state index in [1.165, 1.54) is 12.3 Å². The van der Waals surface area contributed by atoms with Crippen LogP contribution in [0.5, 0.6) is 0 Å². The van der Waals surface area contributed by atoms with E-state index in [-0.39, 0.29) is 47.1 Å². The van der Waals surface area contributed by atoms with E-state index in [1.54, 1.807) is 11.5 Å². The summed E-state index contributed by atoms with van der Waals surface area (Å²) in [5.41, 5.74) is 0.217. The Hall–Kier alpha value is -2.74. The second kappa shape index (κ2) is 7.83. The minimum absolute atomic E-state index is 0.0532. The maximum absolute atomic E-state index is 15.3. The number of hydrogen-bond donors (Lipinski definition) is 0. The molecule has 2 aliphatic rings. The third kappa shape index (κ3) is 3.19. The van der Waals surface area contributed by atoms with Crippen LogP contribution in [0.25, 0.3) is 10.9 Å². The highest BCUT2D eigenvalue weighted by molar-refractivity contribution is 6.13. The molecule has 1 unspecified atom stereocenters. The van der Waals surface area contributed by atoms with E-state index < -0.39 is 17.2 Å². The Morgan fingerprint density at radius 3 is 2.53 bits per heavy atom. The minimum atomic E-state index is -0.731. The number of aromatic nitrogens is 1. The quantitative estimate of drug-likeness (QED) is 0.715. The van der Waals surface area contributed by atoms with Gasteiger partial charge in [0.15, 0.2) is 5.78 Å². The number of hydrogen-bond acceptors (Lipinski definition) is 6. The van der Waals surface area contributed by atoms with Crippen molar-refractivity contribution in [3.05, 3.63) is 39.4 Å². The molecule has 0 saturated carbocycles. The van der Waals surface area contributed by atoms with E-state index in [0.29, 0.717) is 25.0 Å². The number of benzene rings is 1. The lowest BCUT2D eigenvalue weighted by atomic mass is 9.91. The number of likely N-dealkylation sites (N-methyl/N-ethyl adjacent to an activating group) is 1. The van der Waals surface area contributed by atoms with E-state index in [2.05, 4.69) is 4.90 Å². The first kappa shape index (κ1) is 20.5. The molecule has 30 heavy (non-hydrogen) atoms. The third-order valence-electron chi connectivity index (χ3n) is 6.12. The maximum Gasteiger partial charge on any atom is 0.343 e. The summed E-state index contributed by atoms with van der Waals surface area (Å²) in [6, 6.07) is 0.978. The Kier molecular flexibility index (Phi) is 5.36. The van der Waals surface area contributed by atoms with Gasteiger partial charge in [0.1, 0.15) is 11.4 Å². The number of nitrogens with zero attached hydrogens (tertiary/aromatic N) is 3. The molecule has 0 aliphatic carbocycles. The first-order valence-electron chi connectivity index (χ1n) is 10.4. The van der Waals surface area contributed by atoms with Crippen LogP contribution in [0.3, 0.4) is 0 Å². The van der Waals surface area contributed by atoms with Crippen molar-refractivity contribution in [1.82, 2.24) is 9.47 Å². The SMILES string of the molecule is CCOC(=O)c1cn2c3c(c(N4CCN(C)CC4)c(F)cc3c1=O)C(=O)CC2CC. The number of carbonyl (C=O) groups is 2. The maximum atomic E-state index is 15.3. The van der Waals surface area contributed by atoms with E-state index >= 15 is 4.39 Å². The fraction of sp³-hybridized carbons (Fsp3) is 0.500. The number of Topliss-reactive ketones (excluding diaryl/α,β-unsaturated/α-hetero) is 1. The summed E-state index contributed by atoms with van der Waals surface area (Å²) in [6.07, 6.45) is 2.33. The van der Waals surface area contributed by atoms with Gasteiger partial charge in [-0.25, -0.2) is 9.18 Å². The van der Waals surface area contributed by atoms with Crippen molar-refractivity contribution in [2.45, 2.75) is 32.7 Å². The van der Waals surface area contributed by atoms with Gasteiger partial charge in [-0.3, -0.25) is 9.59 Å². The molecule has 1 fully saturated rings. The molecule has 160 valence electrons. The molecular weight excluding hydrogens is 389 g/mol. The number of carbonyl (C=O) groups excluding carboxylic acids is 2. The van der Waals surface area contributed by atoms with Gasteiger partial charge in [0.2, 0.25) is 5.43 Å². The molecule has 7 nitrogen and oxygen atoms in total. The normalized spacial score (nSPS) is 19.4. The molecule has 1 atom stereocenters. The molecule has 2 aliphatic heterocycles. The van der Waals surface area contributed by atoms with Crippen LogP contribution in [0.1, 0.15) is 53.4 Å². The van der Waals surface area contributed by atoms with Crippen molar-refractivity contribution in [3.63, 3.8) is 0 Å². The summed E-state index contributed by atoms with van der Waals surface area (Å²) >= 11 is 0. The summed E-state index contributed by atoms with van der Waals surface area (Å²) in [4.78, 5) is 42.6. The van der Waals surface area contributed by atoms with Gasteiger partial charge in [-0.1, -0.05) is 6.92 Å². The Morgan fingerprint density at radius 2 is 1.90 bits per heavy atom. The molecule has 1 aromatic carbocycles. The predicted molar refractivity (Wildman–Crippen MR) is 112 cm³/mol. The lowest BCUT2D eigenvalue weighted by molar-refractivity contribution is 0.0524. The molecule has 3 heterocycles. The van der Waals surface area contributed by atoms with Crippen LogP contribution in [0.15, 0.2) is 17.1 Å². The molecule has 0 bridgehead atoms. The van der Waals surface area contributed by atoms with Gasteiger partial charge >= 0.3 is 5.97 Å². The summed E-state index contributed by atoms with van der Waals surface area (Å²) in [7, 11) is 2.00. The van der Waals surface area contributed by atoms with Crippen LogP contribution < -0.4 is 10.3 Å². The average Bonchev–Trinajstić information content (AvgIpc) is 2.72. The average molecular weight is 415 g/mol. The molecule has 8 heteroatoms. The van der Waals surface area contributed by atoms with Crippen LogP contribution in [0.2, 0.25) is 0 Å². The van der Waals surface area contributed by atoms with Gasteiger partial charge in [-0.15, -0.1) is 0 Å². The van der Waals surface area contributed by atoms with Crippen LogP contribution >= 0.6 is 0 Å². The number of rotatable bonds is 4. The summed E-state index contributed by atoms with van der Waals surface area (Å²) in [5, 5.41) is 0.0532. The number of anilines is 1. The molecule has 2 aromatic rings. The molecule has 0 N–H and O–H groups in total. The Bertz CT molecular complexity index is 1090. The standard InChI is InChI=1S/C22H26FN3O4/c1-4-13-10-17(27)18-19-14(21(28)15(12-26(13)19)22(29)30-5-2)11-16(23)20(18)25-8-6-24(3)7-9-25/h11-13H,4-10H2,1-3H3. The number of piperazine rings is 1. The van der Waals surface area contributed by atoms with Crippen LogP contribution in [-0.4, -0.2) is 61.1 Å². The van der Waals surface area contributed by atoms with Crippen LogP contribution in [0, 0.1) is 5.82 Å². The van der Waals surface area contributed by atoms with Crippen molar-refractivity contribution in [1.29, 1.82) is 0 Å². The van der Waals surface area contributed by atoms with Crippen molar-refractivity contribution in [2.24, 2.45) is 0 Å². The van der Waals surface area contributed by atoms with Crippen molar-refractivity contribution < 1.29 is 18.7 Å².